The van der Waals surface area contributed by atoms with Crippen molar-refractivity contribution in [2.75, 3.05) is 6.54 Å². The number of halogens is 1. The third-order valence-electron chi connectivity index (χ3n) is 3.00. The van der Waals surface area contributed by atoms with E-state index in [4.69, 9.17) is 16.3 Å². The molecule has 0 fully saturated rings. The number of nitrogens with one attached hydrogen (secondary N) is 1. The first kappa shape index (κ1) is 17.4. The van der Waals surface area contributed by atoms with Gasteiger partial charge < -0.3 is 10.1 Å². The Kier molecular flexibility index (Phi) is 6.12. The summed E-state index contributed by atoms with van der Waals surface area (Å²) in [6.45, 7) is 3.85. The van der Waals surface area contributed by atoms with Crippen molar-refractivity contribution in [1.29, 1.82) is 0 Å². The Bertz CT molecular complexity index is 685. The normalized spacial score (nSPS) is 11.8. The third kappa shape index (κ3) is 5.04. The Hall–Kier alpha value is -1.92. The van der Waals surface area contributed by atoms with E-state index in [2.05, 4.69) is 10.3 Å². The van der Waals surface area contributed by atoms with Gasteiger partial charge in [0, 0.05) is 22.5 Å². The van der Waals surface area contributed by atoms with Gasteiger partial charge in [-0.15, -0.1) is 11.3 Å². The van der Waals surface area contributed by atoms with E-state index < -0.39 is 12.1 Å². The number of aromatic nitrogens is 1. The lowest BCUT2D eigenvalue weighted by molar-refractivity contribution is -0.154. The molecule has 0 saturated carbocycles. The molecule has 1 heterocycles. The summed E-state index contributed by atoms with van der Waals surface area (Å²) in [5.74, 6) is -0.780. The van der Waals surface area contributed by atoms with E-state index in [1.165, 1.54) is 11.3 Å². The first-order chi connectivity index (χ1) is 11.0. The Labute approximate surface area is 143 Å². The summed E-state index contributed by atoms with van der Waals surface area (Å²) in [6.07, 6.45) is -0.773. The number of hydrogen-bond acceptors (Lipinski definition) is 5. The van der Waals surface area contributed by atoms with Gasteiger partial charge in [0.15, 0.2) is 6.10 Å². The first-order valence-electron chi connectivity index (χ1n) is 7.17. The molecule has 0 bridgehead atoms. The Morgan fingerprint density at radius 3 is 2.70 bits per heavy atom. The van der Waals surface area contributed by atoms with Crippen LogP contribution in [0.4, 0.5) is 0 Å². The van der Waals surface area contributed by atoms with E-state index in [1.54, 1.807) is 26.0 Å². The highest BCUT2D eigenvalue weighted by atomic mass is 35.5. The van der Waals surface area contributed by atoms with Crippen LogP contribution in [0.3, 0.4) is 0 Å². The zero-order chi connectivity index (χ0) is 16.8. The summed E-state index contributed by atoms with van der Waals surface area (Å²) in [6, 6.07) is 7.33. The first-order valence-corrected chi connectivity index (χ1v) is 8.43. The van der Waals surface area contributed by atoms with Gasteiger partial charge >= 0.3 is 5.97 Å². The van der Waals surface area contributed by atoms with Crippen LogP contribution >= 0.6 is 22.9 Å². The van der Waals surface area contributed by atoms with Crippen molar-refractivity contribution >= 4 is 34.8 Å². The van der Waals surface area contributed by atoms with E-state index in [1.807, 2.05) is 17.5 Å². The lowest BCUT2D eigenvalue weighted by atomic mass is 10.2. The van der Waals surface area contributed by atoms with Crippen LogP contribution in [-0.2, 0) is 20.7 Å². The number of esters is 1. The summed E-state index contributed by atoms with van der Waals surface area (Å²) in [5.41, 5.74) is 1.56. The van der Waals surface area contributed by atoms with Crippen molar-refractivity contribution in [3.8, 4) is 10.6 Å². The number of carbonyl (C=O) groups is 2. The van der Waals surface area contributed by atoms with Crippen molar-refractivity contribution in [1.82, 2.24) is 10.3 Å². The Morgan fingerprint density at radius 2 is 2.04 bits per heavy atom. The number of amides is 1. The van der Waals surface area contributed by atoms with Gasteiger partial charge in [-0.25, -0.2) is 4.98 Å². The van der Waals surface area contributed by atoms with Crippen LogP contribution < -0.4 is 5.32 Å². The zero-order valence-corrected chi connectivity index (χ0v) is 14.4. The van der Waals surface area contributed by atoms with E-state index in [0.717, 1.165) is 10.6 Å². The lowest BCUT2D eigenvalue weighted by Crippen LogP contribution is -2.35. The van der Waals surface area contributed by atoms with Crippen LogP contribution in [0.15, 0.2) is 29.6 Å². The molecular weight excluding hydrogens is 336 g/mol. The molecule has 7 heteroatoms. The number of thiazole rings is 1. The molecule has 0 aliphatic carbocycles. The quantitative estimate of drug-likeness (QED) is 0.811. The molecule has 0 unspecified atom stereocenters. The number of ether oxygens (including phenoxy) is 1. The summed E-state index contributed by atoms with van der Waals surface area (Å²) < 4.78 is 5.10. The number of carbonyl (C=O) groups excluding carboxylic acids is 2. The number of rotatable bonds is 6. The maximum atomic E-state index is 11.9. The molecule has 2 aromatic rings. The monoisotopic (exact) mass is 352 g/mol. The van der Waals surface area contributed by atoms with Crippen LogP contribution in [0.1, 0.15) is 19.5 Å². The van der Waals surface area contributed by atoms with E-state index >= 15 is 0 Å². The van der Waals surface area contributed by atoms with Gasteiger partial charge in [-0.3, -0.25) is 9.59 Å². The fourth-order valence-electron chi connectivity index (χ4n) is 1.87. The van der Waals surface area contributed by atoms with Gasteiger partial charge in [-0.2, -0.15) is 0 Å². The average Bonchev–Trinajstić information content (AvgIpc) is 2.96. The molecule has 1 aromatic carbocycles. The molecule has 5 nitrogen and oxygen atoms in total. The van der Waals surface area contributed by atoms with Gasteiger partial charge in [0.1, 0.15) is 5.01 Å². The standard InChI is InChI=1S/C16H17ClN2O3S/c1-3-18-15(21)10(2)22-14(20)8-13-9-23-16(19-13)11-4-6-12(17)7-5-11/h4-7,9-10H,3,8H2,1-2H3,(H,18,21)/t10-/m1/s1. The van der Waals surface area contributed by atoms with E-state index in [9.17, 15) is 9.59 Å². The molecule has 122 valence electrons. The highest BCUT2D eigenvalue weighted by molar-refractivity contribution is 7.13. The van der Waals surface area contributed by atoms with E-state index in [-0.39, 0.29) is 12.3 Å². The molecule has 1 atom stereocenters. The SMILES string of the molecule is CCNC(=O)[C@@H](C)OC(=O)Cc1csc(-c2ccc(Cl)cc2)n1. The fourth-order valence-corrected chi connectivity index (χ4v) is 2.82. The van der Waals surface area contributed by atoms with Crippen molar-refractivity contribution in [2.24, 2.45) is 0 Å². The Balaban J connectivity index is 1.95. The van der Waals surface area contributed by atoms with E-state index in [0.29, 0.717) is 17.3 Å². The minimum Gasteiger partial charge on any atom is -0.452 e. The lowest BCUT2D eigenvalue weighted by Gasteiger charge is -2.11. The largest absolute Gasteiger partial charge is 0.452 e. The number of nitrogens with zero attached hydrogens (tertiary/aromatic N) is 1. The Morgan fingerprint density at radius 1 is 1.35 bits per heavy atom. The maximum Gasteiger partial charge on any atom is 0.312 e. The second-order valence-corrected chi connectivity index (χ2v) is 6.15. The maximum absolute atomic E-state index is 11.9. The smallest absolute Gasteiger partial charge is 0.312 e. The molecule has 23 heavy (non-hydrogen) atoms. The number of likely N-dealkylation sites (N-methyl/N-ethyl adjacent to an activating group) is 1. The summed E-state index contributed by atoms with van der Waals surface area (Å²) in [7, 11) is 0. The predicted molar refractivity (Wildman–Crippen MR) is 90.5 cm³/mol. The highest BCUT2D eigenvalue weighted by Crippen LogP contribution is 2.25. The van der Waals surface area contributed by atoms with Crippen LogP contribution in [0.5, 0.6) is 0 Å². The van der Waals surface area contributed by atoms with Gasteiger partial charge in [0.25, 0.3) is 5.91 Å². The van der Waals surface area contributed by atoms with Crippen LogP contribution in [0.25, 0.3) is 10.6 Å². The minimum atomic E-state index is -0.808. The minimum absolute atomic E-state index is 0.0356. The molecule has 1 amide bonds. The van der Waals surface area contributed by atoms with Gasteiger partial charge in [0.05, 0.1) is 12.1 Å². The van der Waals surface area contributed by atoms with Crippen LogP contribution in [-0.4, -0.2) is 29.5 Å². The van der Waals surface area contributed by atoms with Crippen molar-refractivity contribution < 1.29 is 14.3 Å². The molecule has 0 saturated heterocycles. The number of hydrogen-bond donors (Lipinski definition) is 1. The van der Waals surface area contributed by atoms with Gasteiger partial charge in [-0.1, -0.05) is 23.7 Å². The van der Waals surface area contributed by atoms with Crippen LogP contribution in [0.2, 0.25) is 5.02 Å². The molecule has 0 spiro atoms. The predicted octanol–water partition coefficient (Wildman–Crippen LogP) is 3.07. The summed E-state index contributed by atoms with van der Waals surface area (Å²) >= 11 is 7.30. The zero-order valence-electron chi connectivity index (χ0n) is 12.8. The molecule has 1 N–H and O–H groups in total. The fraction of sp³-hybridized carbons (Fsp3) is 0.312. The second-order valence-electron chi connectivity index (χ2n) is 4.85. The van der Waals surface area contributed by atoms with Crippen molar-refractivity contribution in [2.45, 2.75) is 26.4 Å². The second kappa shape index (κ2) is 8.08. The molecule has 2 rings (SSSR count). The molecule has 0 aliphatic heterocycles. The average molecular weight is 353 g/mol. The molecular formula is C16H17ClN2O3S. The summed E-state index contributed by atoms with van der Waals surface area (Å²) in [5, 5.41) is 5.88. The summed E-state index contributed by atoms with van der Waals surface area (Å²) in [4.78, 5) is 27.8. The van der Waals surface area contributed by atoms with Gasteiger partial charge in [0.2, 0.25) is 0 Å². The van der Waals surface area contributed by atoms with Crippen molar-refractivity contribution in [3.05, 3.63) is 40.4 Å². The highest BCUT2D eigenvalue weighted by Gasteiger charge is 2.18. The van der Waals surface area contributed by atoms with Gasteiger partial charge in [-0.05, 0) is 26.0 Å². The van der Waals surface area contributed by atoms with Crippen molar-refractivity contribution in [3.63, 3.8) is 0 Å². The number of benzene rings is 1. The topological polar surface area (TPSA) is 68.3 Å². The molecule has 0 aliphatic rings. The molecule has 0 radical (unpaired) electrons. The third-order valence-corrected chi connectivity index (χ3v) is 4.19. The van der Waals surface area contributed by atoms with Crippen LogP contribution in [0, 0.1) is 0 Å². The molecule has 1 aromatic heterocycles.